The van der Waals surface area contributed by atoms with Crippen molar-refractivity contribution < 1.29 is 0 Å². The number of benzene rings is 1. The number of hydrogen-bond acceptors (Lipinski definition) is 3. The number of rotatable bonds is 2. The van der Waals surface area contributed by atoms with Crippen LogP contribution in [0.4, 0.5) is 5.69 Å². The summed E-state index contributed by atoms with van der Waals surface area (Å²) in [6.45, 7) is 2.06. The Morgan fingerprint density at radius 2 is 1.67 bits per heavy atom. The van der Waals surface area contributed by atoms with Crippen molar-refractivity contribution in [3.05, 3.63) is 50.3 Å². The third kappa shape index (κ3) is 1.36. The molecule has 0 radical (unpaired) electrons. The summed E-state index contributed by atoms with van der Waals surface area (Å²) in [6, 6.07) is 7.52. The van der Waals surface area contributed by atoms with Gasteiger partial charge in [0.2, 0.25) is 10.9 Å². The van der Waals surface area contributed by atoms with Gasteiger partial charge < -0.3 is 5.73 Å². The lowest BCUT2D eigenvalue weighted by atomic mass is 9.98. The molecule has 2 aromatic carbocycles. The summed E-state index contributed by atoms with van der Waals surface area (Å²) in [4.78, 5) is 22.2. The molecule has 0 aliphatic carbocycles. The van der Waals surface area contributed by atoms with Gasteiger partial charge in [-0.3, -0.25) is 9.59 Å². The van der Waals surface area contributed by atoms with Crippen molar-refractivity contribution in [3.63, 3.8) is 0 Å². The lowest BCUT2D eigenvalue weighted by molar-refractivity contribution is 1.14. The number of hydrogen-bond donors (Lipinski definition) is 1. The second-order valence-corrected chi connectivity index (χ2v) is 3.50. The molecule has 15 heavy (non-hydrogen) atoms. The first kappa shape index (κ1) is 9.65. The molecule has 0 saturated carbocycles. The average molecular weight is 201 g/mol. The predicted molar refractivity (Wildman–Crippen MR) is 60.6 cm³/mol. The first-order chi connectivity index (χ1) is 7.15. The summed E-state index contributed by atoms with van der Waals surface area (Å²) in [5, 5.41) is 0. The van der Waals surface area contributed by atoms with E-state index >= 15 is 0 Å². The van der Waals surface area contributed by atoms with Gasteiger partial charge in [-0.2, -0.15) is 0 Å². The van der Waals surface area contributed by atoms with Crippen molar-refractivity contribution in [2.45, 2.75) is 13.3 Å². The molecule has 0 atom stereocenters. The van der Waals surface area contributed by atoms with Crippen LogP contribution in [-0.4, -0.2) is 0 Å². The van der Waals surface area contributed by atoms with E-state index in [0.717, 1.165) is 12.0 Å². The molecule has 2 N–H and O–H groups in total. The van der Waals surface area contributed by atoms with Gasteiger partial charge in [-0.1, -0.05) is 31.2 Å². The van der Waals surface area contributed by atoms with Crippen LogP contribution in [0.2, 0.25) is 0 Å². The van der Waals surface area contributed by atoms with Gasteiger partial charge >= 0.3 is 0 Å². The quantitative estimate of drug-likeness (QED) is 0.740. The van der Waals surface area contributed by atoms with Gasteiger partial charge in [-0.15, -0.1) is 0 Å². The average Bonchev–Trinajstić information content (AvgIpc) is 2.30. The molecule has 0 aliphatic heterocycles. The minimum atomic E-state index is -0.565. The van der Waals surface area contributed by atoms with Crippen molar-refractivity contribution in [1.29, 1.82) is 0 Å². The molecule has 0 spiro atoms. The molecule has 0 fully saturated rings. The zero-order valence-electron chi connectivity index (χ0n) is 8.41. The second kappa shape index (κ2) is 3.35. The Morgan fingerprint density at radius 1 is 1.07 bits per heavy atom. The van der Waals surface area contributed by atoms with Crippen molar-refractivity contribution in [2.75, 3.05) is 5.73 Å². The Hall–Kier alpha value is -1.90. The highest BCUT2D eigenvalue weighted by Crippen LogP contribution is 2.21. The molecule has 76 valence electrons. The van der Waals surface area contributed by atoms with Gasteiger partial charge in [-0.25, -0.2) is 0 Å². The lowest BCUT2D eigenvalue weighted by Gasteiger charge is -2.07. The molecule has 0 saturated heterocycles. The van der Waals surface area contributed by atoms with Crippen LogP contribution < -0.4 is 16.6 Å². The third-order valence-corrected chi connectivity index (χ3v) is 2.60. The topological polar surface area (TPSA) is 60.2 Å². The van der Waals surface area contributed by atoms with E-state index < -0.39 is 10.9 Å². The summed E-state index contributed by atoms with van der Waals surface area (Å²) in [6.07, 6.45) is 0.946. The standard InChI is InChI=1S/C12H11NO2/c1-2-7-3-5-8(6-4-7)9-10(13)12(15)11(9)14/h3-6H,2,13H2,1H3. The van der Waals surface area contributed by atoms with Gasteiger partial charge in [0.25, 0.3) is 0 Å². The van der Waals surface area contributed by atoms with E-state index in [1.807, 2.05) is 24.3 Å². The monoisotopic (exact) mass is 201 g/mol. The molecule has 0 aromatic heterocycles. The van der Waals surface area contributed by atoms with E-state index in [2.05, 4.69) is 6.92 Å². The van der Waals surface area contributed by atoms with Gasteiger partial charge in [0.15, 0.2) is 0 Å². The summed E-state index contributed by atoms with van der Waals surface area (Å²) in [7, 11) is 0. The van der Waals surface area contributed by atoms with Crippen LogP contribution >= 0.6 is 0 Å². The Morgan fingerprint density at radius 3 is 2.13 bits per heavy atom. The van der Waals surface area contributed by atoms with Crippen molar-refractivity contribution in [1.82, 2.24) is 0 Å². The molecule has 3 heteroatoms. The summed E-state index contributed by atoms with van der Waals surface area (Å²) < 4.78 is 0. The third-order valence-electron chi connectivity index (χ3n) is 2.60. The van der Waals surface area contributed by atoms with Crippen LogP contribution in [0.15, 0.2) is 33.9 Å². The van der Waals surface area contributed by atoms with E-state index in [-0.39, 0.29) is 5.69 Å². The zero-order chi connectivity index (χ0) is 11.0. The first-order valence-corrected chi connectivity index (χ1v) is 4.83. The van der Waals surface area contributed by atoms with Crippen LogP contribution in [-0.2, 0) is 6.42 Å². The van der Waals surface area contributed by atoms with Crippen molar-refractivity contribution in [2.24, 2.45) is 0 Å². The van der Waals surface area contributed by atoms with E-state index in [4.69, 9.17) is 5.73 Å². The fourth-order valence-corrected chi connectivity index (χ4v) is 1.60. The summed E-state index contributed by atoms with van der Waals surface area (Å²) in [5.41, 5.74) is 6.80. The van der Waals surface area contributed by atoms with Crippen molar-refractivity contribution >= 4 is 5.69 Å². The summed E-state index contributed by atoms with van der Waals surface area (Å²) >= 11 is 0. The summed E-state index contributed by atoms with van der Waals surface area (Å²) in [5.74, 6) is 0. The SMILES string of the molecule is CCc1ccc(-c2c(N)c(=O)c2=O)cc1. The van der Waals surface area contributed by atoms with E-state index in [0.29, 0.717) is 5.56 Å². The minimum absolute atomic E-state index is 0.0873. The van der Waals surface area contributed by atoms with E-state index in [1.165, 1.54) is 5.56 Å². The molecular weight excluding hydrogens is 190 g/mol. The smallest absolute Gasteiger partial charge is 0.249 e. The van der Waals surface area contributed by atoms with Crippen LogP contribution in [0.3, 0.4) is 0 Å². The molecular formula is C12H11NO2. The highest BCUT2D eigenvalue weighted by Gasteiger charge is 2.18. The Balaban J connectivity index is 2.48. The number of aryl methyl sites for hydroxylation is 1. The Labute approximate surface area is 86.9 Å². The number of nitrogen functional groups attached to an aromatic ring is 1. The lowest BCUT2D eigenvalue weighted by Crippen LogP contribution is -2.35. The van der Waals surface area contributed by atoms with Crippen molar-refractivity contribution in [3.8, 4) is 11.1 Å². The molecule has 0 bridgehead atoms. The first-order valence-electron chi connectivity index (χ1n) is 4.83. The Bertz CT molecular complexity index is 560. The number of nitrogens with two attached hydrogens (primary N) is 1. The van der Waals surface area contributed by atoms with Crippen LogP contribution in [0.1, 0.15) is 12.5 Å². The van der Waals surface area contributed by atoms with Gasteiger partial charge in [0, 0.05) is 0 Å². The van der Waals surface area contributed by atoms with E-state index in [9.17, 15) is 9.59 Å². The van der Waals surface area contributed by atoms with E-state index in [1.54, 1.807) is 0 Å². The van der Waals surface area contributed by atoms with Gasteiger partial charge in [0.05, 0.1) is 11.3 Å². The molecule has 3 nitrogen and oxygen atoms in total. The maximum Gasteiger partial charge on any atom is 0.249 e. The van der Waals surface area contributed by atoms with Crippen LogP contribution in [0, 0.1) is 0 Å². The fourth-order valence-electron chi connectivity index (χ4n) is 1.60. The molecule has 0 amide bonds. The van der Waals surface area contributed by atoms with Crippen LogP contribution in [0.25, 0.3) is 11.1 Å². The molecule has 2 aromatic rings. The molecule has 0 heterocycles. The van der Waals surface area contributed by atoms with Gasteiger partial charge in [0.1, 0.15) is 0 Å². The number of anilines is 1. The fraction of sp³-hybridized carbons (Fsp3) is 0.167. The van der Waals surface area contributed by atoms with Crippen LogP contribution in [0.5, 0.6) is 0 Å². The maximum atomic E-state index is 11.2. The normalized spacial score (nSPS) is 10.7. The highest BCUT2D eigenvalue weighted by atomic mass is 16.2. The maximum absolute atomic E-state index is 11.2. The molecule has 0 unspecified atom stereocenters. The largest absolute Gasteiger partial charge is 0.395 e. The highest BCUT2D eigenvalue weighted by molar-refractivity contribution is 5.80. The second-order valence-electron chi connectivity index (χ2n) is 3.50. The van der Waals surface area contributed by atoms with Gasteiger partial charge in [-0.05, 0) is 17.5 Å². The molecule has 2 rings (SSSR count). The minimum Gasteiger partial charge on any atom is -0.395 e. The molecule has 0 aliphatic rings. The zero-order valence-corrected chi connectivity index (χ0v) is 8.41. The Kier molecular flexibility index (Phi) is 2.15. The predicted octanol–water partition coefficient (Wildman–Crippen LogP) is 1.09.